The van der Waals surface area contributed by atoms with E-state index in [1.54, 1.807) is 6.92 Å². The number of alkyl halides is 3. The highest BCUT2D eigenvalue weighted by atomic mass is 32.2. The zero-order valence-corrected chi connectivity index (χ0v) is 16.5. The summed E-state index contributed by atoms with van der Waals surface area (Å²) in [6, 6.07) is 1.76. The van der Waals surface area contributed by atoms with E-state index in [4.69, 9.17) is 4.52 Å². The van der Waals surface area contributed by atoms with Crippen LogP contribution in [0.5, 0.6) is 0 Å². The van der Waals surface area contributed by atoms with Crippen LogP contribution in [0.2, 0.25) is 0 Å². The number of aryl methyl sites for hydroxylation is 2. The van der Waals surface area contributed by atoms with E-state index in [9.17, 15) is 21.6 Å². The molecule has 1 unspecified atom stereocenters. The Morgan fingerprint density at radius 1 is 1.32 bits per heavy atom. The Kier molecular flexibility index (Phi) is 5.41. The number of pyridine rings is 1. The fourth-order valence-corrected chi connectivity index (χ4v) is 5.31. The van der Waals surface area contributed by atoms with Crippen molar-refractivity contribution < 1.29 is 26.1 Å². The van der Waals surface area contributed by atoms with E-state index in [-0.39, 0.29) is 35.3 Å². The normalized spacial score (nSPS) is 19.0. The fraction of sp³-hybridized carbons (Fsp3) is 0.529. The van der Waals surface area contributed by atoms with Crippen LogP contribution in [0.3, 0.4) is 0 Å². The molecule has 28 heavy (non-hydrogen) atoms. The molecule has 1 saturated heterocycles. The maximum atomic E-state index is 13.3. The summed E-state index contributed by atoms with van der Waals surface area (Å²) in [5.74, 6) is -0.0198. The zero-order chi connectivity index (χ0) is 20.7. The van der Waals surface area contributed by atoms with Crippen LogP contribution in [0.4, 0.5) is 19.0 Å². The van der Waals surface area contributed by atoms with Gasteiger partial charge in [-0.3, -0.25) is 0 Å². The molecule has 11 heteroatoms. The van der Waals surface area contributed by atoms with Crippen LogP contribution >= 0.6 is 0 Å². The second-order valence-corrected chi connectivity index (χ2v) is 8.67. The number of aromatic nitrogens is 2. The molecule has 1 aliphatic heterocycles. The number of hydrogen-bond acceptors (Lipinski definition) is 6. The molecule has 7 nitrogen and oxygen atoms in total. The maximum absolute atomic E-state index is 13.3. The lowest BCUT2D eigenvalue weighted by Crippen LogP contribution is -2.49. The van der Waals surface area contributed by atoms with Crippen molar-refractivity contribution in [2.24, 2.45) is 0 Å². The molecule has 0 aliphatic carbocycles. The Hall–Kier alpha value is -2.14. The summed E-state index contributed by atoms with van der Waals surface area (Å²) in [6.45, 7) is 3.40. The minimum atomic E-state index is -4.55. The molecule has 0 amide bonds. The van der Waals surface area contributed by atoms with E-state index in [1.807, 2.05) is 0 Å². The number of piperidine rings is 1. The molecule has 1 fully saturated rings. The molecule has 2 aromatic rings. The average Bonchev–Trinajstić information content (AvgIpc) is 2.99. The first-order valence-electron chi connectivity index (χ1n) is 8.71. The fourth-order valence-electron chi connectivity index (χ4n) is 3.50. The Labute approximate surface area is 161 Å². The largest absolute Gasteiger partial charge is 0.419 e. The van der Waals surface area contributed by atoms with Gasteiger partial charge < -0.3 is 9.42 Å². The highest BCUT2D eigenvalue weighted by molar-refractivity contribution is 7.89. The number of anilines is 1. The SMILES string of the molecule is Cc1noc(C)c1S(=O)(=O)N1CCCC(N(C)c2ncccc2C(F)(F)F)C1. The molecular formula is C17H21F3N4O3S. The van der Waals surface area contributed by atoms with Gasteiger partial charge in [-0.05, 0) is 38.8 Å². The molecular weight excluding hydrogens is 397 g/mol. The summed E-state index contributed by atoms with van der Waals surface area (Å²) in [5, 5.41) is 3.69. The average molecular weight is 418 g/mol. The van der Waals surface area contributed by atoms with Crippen LogP contribution in [0.1, 0.15) is 29.9 Å². The molecule has 2 aromatic heterocycles. The summed E-state index contributed by atoms with van der Waals surface area (Å²) in [4.78, 5) is 5.33. The number of hydrogen-bond donors (Lipinski definition) is 0. The summed E-state index contributed by atoms with van der Waals surface area (Å²) >= 11 is 0. The number of halogens is 3. The van der Waals surface area contributed by atoms with E-state index in [1.165, 1.54) is 35.4 Å². The third-order valence-corrected chi connectivity index (χ3v) is 7.01. The Balaban J connectivity index is 1.89. The van der Waals surface area contributed by atoms with Crippen molar-refractivity contribution in [3.05, 3.63) is 35.3 Å². The third kappa shape index (κ3) is 3.72. The van der Waals surface area contributed by atoms with E-state index in [0.29, 0.717) is 12.8 Å². The van der Waals surface area contributed by atoms with Crippen molar-refractivity contribution in [3.8, 4) is 0 Å². The highest BCUT2D eigenvalue weighted by Gasteiger charge is 2.39. The van der Waals surface area contributed by atoms with E-state index in [0.717, 1.165) is 6.07 Å². The van der Waals surface area contributed by atoms with E-state index >= 15 is 0 Å². The minimum Gasteiger partial charge on any atom is -0.360 e. The van der Waals surface area contributed by atoms with Crippen LogP contribution < -0.4 is 4.90 Å². The van der Waals surface area contributed by atoms with Crippen LogP contribution in [0, 0.1) is 13.8 Å². The first kappa shape index (κ1) is 20.6. The molecule has 0 saturated carbocycles. The molecule has 3 heterocycles. The van der Waals surface area contributed by atoms with Crippen molar-refractivity contribution in [3.63, 3.8) is 0 Å². The number of sulfonamides is 1. The van der Waals surface area contributed by atoms with E-state index < -0.39 is 27.8 Å². The summed E-state index contributed by atoms with van der Waals surface area (Å²) < 4.78 is 72.3. The molecule has 0 aromatic carbocycles. The quantitative estimate of drug-likeness (QED) is 0.760. The van der Waals surface area contributed by atoms with Crippen LogP contribution in [-0.2, 0) is 16.2 Å². The van der Waals surface area contributed by atoms with Gasteiger partial charge in [-0.2, -0.15) is 17.5 Å². The van der Waals surface area contributed by atoms with Crippen molar-refractivity contribution in [1.29, 1.82) is 0 Å². The van der Waals surface area contributed by atoms with Gasteiger partial charge in [-0.25, -0.2) is 13.4 Å². The molecule has 0 radical (unpaired) electrons. The molecule has 1 aliphatic rings. The monoisotopic (exact) mass is 418 g/mol. The predicted octanol–water partition coefficient (Wildman–Crippen LogP) is 2.99. The molecule has 0 spiro atoms. The number of nitrogens with zero attached hydrogens (tertiary/aromatic N) is 4. The number of rotatable bonds is 4. The van der Waals surface area contributed by atoms with Crippen LogP contribution in [-0.4, -0.2) is 49.0 Å². The van der Waals surface area contributed by atoms with Gasteiger partial charge in [-0.1, -0.05) is 5.16 Å². The Morgan fingerprint density at radius 2 is 2.04 bits per heavy atom. The lowest BCUT2D eigenvalue weighted by atomic mass is 10.1. The highest BCUT2D eigenvalue weighted by Crippen LogP contribution is 2.36. The van der Waals surface area contributed by atoms with Crippen molar-refractivity contribution >= 4 is 15.8 Å². The van der Waals surface area contributed by atoms with E-state index in [2.05, 4.69) is 10.1 Å². The standard InChI is InChI=1S/C17H21F3N4O3S/c1-11-15(12(2)27-22-11)28(25,26)24-9-5-6-13(10-24)23(3)16-14(17(18,19)20)7-4-8-21-16/h4,7-8,13H,5-6,9-10H2,1-3H3. The first-order valence-corrected chi connectivity index (χ1v) is 10.2. The van der Waals surface area contributed by atoms with Crippen molar-refractivity contribution in [2.45, 2.75) is 43.8 Å². The lowest BCUT2D eigenvalue weighted by molar-refractivity contribution is -0.137. The van der Waals surface area contributed by atoms with Gasteiger partial charge in [0, 0.05) is 32.4 Å². The number of likely N-dealkylation sites (N-methyl/N-ethyl adjacent to an activating group) is 1. The third-order valence-electron chi connectivity index (χ3n) is 4.90. The minimum absolute atomic E-state index is 0.0182. The Morgan fingerprint density at radius 3 is 2.64 bits per heavy atom. The Bertz CT molecular complexity index is 939. The van der Waals surface area contributed by atoms with Gasteiger partial charge in [-0.15, -0.1) is 0 Å². The van der Waals surface area contributed by atoms with Crippen molar-refractivity contribution in [1.82, 2.24) is 14.4 Å². The molecule has 0 bridgehead atoms. The molecule has 0 N–H and O–H groups in total. The van der Waals surface area contributed by atoms with Crippen LogP contribution in [0.25, 0.3) is 0 Å². The predicted molar refractivity (Wildman–Crippen MR) is 95.4 cm³/mol. The summed E-state index contributed by atoms with van der Waals surface area (Å²) in [5.41, 5.74) is -0.583. The topological polar surface area (TPSA) is 79.5 Å². The maximum Gasteiger partial charge on any atom is 0.419 e. The second kappa shape index (κ2) is 7.36. The van der Waals surface area contributed by atoms with Gasteiger partial charge in [0.25, 0.3) is 0 Å². The van der Waals surface area contributed by atoms with Gasteiger partial charge in [0.2, 0.25) is 10.0 Å². The lowest BCUT2D eigenvalue weighted by Gasteiger charge is -2.38. The smallest absolute Gasteiger partial charge is 0.360 e. The zero-order valence-electron chi connectivity index (χ0n) is 15.7. The summed E-state index contributed by atoms with van der Waals surface area (Å²) in [7, 11) is -2.35. The first-order chi connectivity index (χ1) is 13.0. The molecule has 1 atom stereocenters. The van der Waals surface area contributed by atoms with Crippen molar-refractivity contribution in [2.75, 3.05) is 25.0 Å². The van der Waals surface area contributed by atoms with Gasteiger partial charge in [0.15, 0.2) is 5.76 Å². The van der Waals surface area contributed by atoms with Gasteiger partial charge in [0.05, 0.1) is 5.56 Å². The van der Waals surface area contributed by atoms with Gasteiger partial charge >= 0.3 is 6.18 Å². The molecule has 154 valence electrons. The second-order valence-electron chi connectivity index (χ2n) is 6.80. The summed E-state index contributed by atoms with van der Waals surface area (Å²) in [6.07, 6.45) is -2.18. The van der Waals surface area contributed by atoms with Crippen LogP contribution in [0.15, 0.2) is 27.7 Å². The molecule has 3 rings (SSSR count). The van der Waals surface area contributed by atoms with Gasteiger partial charge in [0.1, 0.15) is 16.4 Å².